The van der Waals surface area contributed by atoms with Crippen LogP contribution in [-0.4, -0.2) is 46.7 Å². The van der Waals surface area contributed by atoms with Gasteiger partial charge in [0.05, 0.1) is 11.4 Å². The Morgan fingerprint density at radius 2 is 1.88 bits per heavy atom. The monoisotopic (exact) mass is 371 g/mol. The van der Waals surface area contributed by atoms with Gasteiger partial charge in [-0.15, -0.1) is 0 Å². The van der Waals surface area contributed by atoms with E-state index in [1.165, 1.54) is 12.1 Å². The molecule has 0 aliphatic heterocycles. The molecule has 1 atom stereocenters. The molecule has 0 aliphatic carbocycles. The van der Waals surface area contributed by atoms with E-state index in [1.807, 2.05) is 20.8 Å². The SMILES string of the molecule is CCOCCCNCC(=O)Nc1ccc(S(=O)(=O)N[C@H](C)CC)cc1. The highest BCUT2D eigenvalue weighted by Gasteiger charge is 2.16. The van der Waals surface area contributed by atoms with Gasteiger partial charge in [0.25, 0.3) is 0 Å². The summed E-state index contributed by atoms with van der Waals surface area (Å²) in [5.41, 5.74) is 0.559. The van der Waals surface area contributed by atoms with Gasteiger partial charge in [0, 0.05) is 24.9 Å². The fraction of sp³-hybridized carbons (Fsp3) is 0.588. The van der Waals surface area contributed by atoms with Crippen LogP contribution in [0.3, 0.4) is 0 Å². The summed E-state index contributed by atoms with van der Waals surface area (Å²) >= 11 is 0. The quantitative estimate of drug-likeness (QED) is 0.486. The highest BCUT2D eigenvalue weighted by Crippen LogP contribution is 2.14. The minimum absolute atomic E-state index is 0.127. The molecule has 1 amide bonds. The number of anilines is 1. The van der Waals surface area contributed by atoms with E-state index in [9.17, 15) is 13.2 Å². The van der Waals surface area contributed by atoms with Crippen LogP contribution in [0.25, 0.3) is 0 Å². The standard InChI is InChI=1S/C17H29N3O4S/c1-4-14(3)20-25(22,23)16-9-7-15(8-10-16)19-17(21)13-18-11-6-12-24-5-2/h7-10,14,18,20H,4-6,11-13H2,1-3H3,(H,19,21)/t14-/m1/s1. The van der Waals surface area contributed by atoms with Crippen molar-refractivity contribution >= 4 is 21.6 Å². The maximum absolute atomic E-state index is 12.2. The van der Waals surface area contributed by atoms with E-state index in [0.717, 1.165) is 6.42 Å². The first-order chi connectivity index (χ1) is 11.9. The predicted molar refractivity (Wildman–Crippen MR) is 99.1 cm³/mol. The highest BCUT2D eigenvalue weighted by atomic mass is 32.2. The van der Waals surface area contributed by atoms with E-state index >= 15 is 0 Å². The van der Waals surface area contributed by atoms with Crippen molar-refractivity contribution in [3.63, 3.8) is 0 Å². The van der Waals surface area contributed by atoms with Crippen LogP contribution < -0.4 is 15.4 Å². The Hall–Kier alpha value is -1.48. The van der Waals surface area contributed by atoms with Crippen LogP contribution in [0, 0.1) is 0 Å². The molecule has 0 aromatic heterocycles. The van der Waals surface area contributed by atoms with Gasteiger partial charge in [-0.05, 0) is 57.5 Å². The Labute approximate surface area is 150 Å². The van der Waals surface area contributed by atoms with Crippen molar-refractivity contribution in [1.29, 1.82) is 0 Å². The zero-order valence-electron chi connectivity index (χ0n) is 15.2. The van der Waals surface area contributed by atoms with Gasteiger partial charge in [0.1, 0.15) is 0 Å². The van der Waals surface area contributed by atoms with Gasteiger partial charge in [-0.1, -0.05) is 6.92 Å². The number of hydrogen-bond acceptors (Lipinski definition) is 5. The van der Waals surface area contributed by atoms with Crippen molar-refractivity contribution < 1.29 is 17.9 Å². The maximum Gasteiger partial charge on any atom is 0.240 e. The fourth-order valence-electron chi connectivity index (χ4n) is 1.98. The highest BCUT2D eigenvalue weighted by molar-refractivity contribution is 7.89. The molecule has 25 heavy (non-hydrogen) atoms. The summed E-state index contributed by atoms with van der Waals surface area (Å²) in [5, 5.41) is 5.76. The van der Waals surface area contributed by atoms with Gasteiger partial charge < -0.3 is 15.4 Å². The van der Waals surface area contributed by atoms with E-state index in [2.05, 4.69) is 15.4 Å². The number of benzene rings is 1. The molecular weight excluding hydrogens is 342 g/mol. The van der Waals surface area contributed by atoms with E-state index in [0.29, 0.717) is 31.9 Å². The third kappa shape index (κ3) is 8.44. The number of amides is 1. The van der Waals surface area contributed by atoms with Gasteiger partial charge in [0.15, 0.2) is 0 Å². The van der Waals surface area contributed by atoms with Crippen molar-refractivity contribution in [1.82, 2.24) is 10.0 Å². The number of ether oxygens (including phenoxy) is 1. The molecule has 0 unspecified atom stereocenters. The van der Waals surface area contributed by atoms with Crippen LogP contribution in [0.2, 0.25) is 0 Å². The summed E-state index contributed by atoms with van der Waals surface area (Å²) in [5.74, 6) is -0.176. The minimum Gasteiger partial charge on any atom is -0.382 e. The normalized spacial score (nSPS) is 12.8. The zero-order chi connectivity index (χ0) is 18.7. The topological polar surface area (TPSA) is 96.5 Å². The van der Waals surface area contributed by atoms with Gasteiger partial charge in [-0.25, -0.2) is 13.1 Å². The van der Waals surface area contributed by atoms with Gasteiger partial charge in [-0.3, -0.25) is 4.79 Å². The first-order valence-corrected chi connectivity index (χ1v) is 10.1. The lowest BCUT2D eigenvalue weighted by Crippen LogP contribution is -2.32. The lowest BCUT2D eigenvalue weighted by atomic mass is 10.3. The Kier molecular flexibility index (Phi) is 9.66. The number of rotatable bonds is 12. The van der Waals surface area contributed by atoms with Gasteiger partial charge in [-0.2, -0.15) is 0 Å². The number of sulfonamides is 1. The molecule has 0 aliphatic rings. The van der Waals surface area contributed by atoms with Crippen molar-refractivity contribution in [2.75, 3.05) is 31.6 Å². The summed E-state index contributed by atoms with van der Waals surface area (Å²) < 4.78 is 32.1. The molecule has 0 spiro atoms. The number of nitrogens with one attached hydrogen (secondary N) is 3. The molecule has 1 aromatic carbocycles. The van der Waals surface area contributed by atoms with E-state index in [1.54, 1.807) is 12.1 Å². The van der Waals surface area contributed by atoms with Crippen molar-refractivity contribution in [2.24, 2.45) is 0 Å². The minimum atomic E-state index is -3.53. The van der Waals surface area contributed by atoms with Crippen LogP contribution in [-0.2, 0) is 19.6 Å². The van der Waals surface area contributed by atoms with Crippen LogP contribution in [0.15, 0.2) is 29.2 Å². The van der Waals surface area contributed by atoms with E-state index in [4.69, 9.17) is 4.74 Å². The van der Waals surface area contributed by atoms with Crippen LogP contribution in [0.4, 0.5) is 5.69 Å². The third-order valence-electron chi connectivity index (χ3n) is 3.55. The lowest BCUT2D eigenvalue weighted by molar-refractivity contribution is -0.115. The molecule has 142 valence electrons. The smallest absolute Gasteiger partial charge is 0.240 e. The first kappa shape index (κ1) is 21.6. The number of hydrogen-bond donors (Lipinski definition) is 3. The van der Waals surface area contributed by atoms with Crippen LogP contribution in [0.5, 0.6) is 0 Å². The predicted octanol–water partition coefficient (Wildman–Crippen LogP) is 1.72. The average molecular weight is 372 g/mol. The summed E-state index contributed by atoms with van der Waals surface area (Å²) in [7, 11) is -3.53. The average Bonchev–Trinajstić information content (AvgIpc) is 2.58. The second kappa shape index (κ2) is 11.2. The summed E-state index contributed by atoms with van der Waals surface area (Å²) in [6.07, 6.45) is 1.56. The molecule has 0 heterocycles. The van der Waals surface area contributed by atoms with Crippen LogP contribution >= 0.6 is 0 Å². The molecule has 0 radical (unpaired) electrons. The molecule has 3 N–H and O–H groups in total. The molecule has 1 rings (SSSR count). The van der Waals surface area contributed by atoms with Crippen molar-refractivity contribution in [2.45, 2.75) is 44.6 Å². The maximum atomic E-state index is 12.2. The van der Waals surface area contributed by atoms with E-state index < -0.39 is 10.0 Å². The Bertz CT molecular complexity index is 617. The lowest BCUT2D eigenvalue weighted by Gasteiger charge is -2.12. The second-order valence-electron chi connectivity index (χ2n) is 5.73. The Balaban J connectivity index is 2.44. The summed E-state index contributed by atoms with van der Waals surface area (Å²) in [4.78, 5) is 12.0. The van der Waals surface area contributed by atoms with Crippen molar-refractivity contribution in [3.8, 4) is 0 Å². The molecule has 0 saturated heterocycles. The van der Waals surface area contributed by atoms with Crippen molar-refractivity contribution in [3.05, 3.63) is 24.3 Å². The summed E-state index contributed by atoms with van der Waals surface area (Å²) in [6, 6.07) is 6.00. The largest absolute Gasteiger partial charge is 0.382 e. The van der Waals surface area contributed by atoms with Gasteiger partial charge >= 0.3 is 0 Å². The van der Waals surface area contributed by atoms with Crippen LogP contribution in [0.1, 0.15) is 33.6 Å². The molecule has 7 nitrogen and oxygen atoms in total. The number of carbonyl (C=O) groups is 1. The molecule has 1 aromatic rings. The Morgan fingerprint density at radius 3 is 2.48 bits per heavy atom. The second-order valence-corrected chi connectivity index (χ2v) is 7.44. The third-order valence-corrected chi connectivity index (χ3v) is 5.15. The van der Waals surface area contributed by atoms with E-state index in [-0.39, 0.29) is 23.4 Å². The fourth-order valence-corrected chi connectivity index (χ4v) is 3.31. The summed E-state index contributed by atoms with van der Waals surface area (Å²) in [6.45, 7) is 7.93. The first-order valence-electron chi connectivity index (χ1n) is 8.59. The van der Waals surface area contributed by atoms with Gasteiger partial charge in [0.2, 0.25) is 15.9 Å². The number of carbonyl (C=O) groups excluding carboxylic acids is 1. The molecule has 0 bridgehead atoms. The molecule has 0 fully saturated rings. The Morgan fingerprint density at radius 1 is 1.20 bits per heavy atom. The molecular formula is C17H29N3O4S. The zero-order valence-corrected chi connectivity index (χ0v) is 16.0. The molecule has 8 heteroatoms. The molecule has 0 saturated carbocycles.